The normalized spacial score (nSPS) is 15.3. The summed E-state index contributed by atoms with van der Waals surface area (Å²) in [6, 6.07) is 15.8. The number of nitrogens with zero attached hydrogens (tertiary/aromatic N) is 2. The molecule has 2 aromatic carbocycles. The molecule has 0 N–H and O–H groups in total. The smallest absolute Gasteiger partial charge is 0.338 e. The minimum absolute atomic E-state index is 0.211. The maximum atomic E-state index is 13.8. The molecule has 5 rings (SSSR count). The molecule has 1 aliphatic heterocycles. The van der Waals surface area contributed by atoms with Crippen LogP contribution in [0, 0.1) is 6.92 Å². The fourth-order valence-electron chi connectivity index (χ4n) is 4.46. The highest BCUT2D eigenvalue weighted by atomic mass is 35.5. The number of ether oxygens (including phenoxy) is 2. The number of benzene rings is 2. The van der Waals surface area contributed by atoms with Gasteiger partial charge in [-0.1, -0.05) is 41.1 Å². The number of rotatable bonds is 6. The predicted octanol–water partition coefficient (Wildman–Crippen LogP) is 5.03. The first-order valence-electron chi connectivity index (χ1n) is 12.0. The summed E-state index contributed by atoms with van der Waals surface area (Å²) in [4.78, 5) is 31.9. The van der Waals surface area contributed by atoms with Crippen LogP contribution in [0.5, 0.6) is 5.75 Å². The van der Waals surface area contributed by atoms with Gasteiger partial charge in [-0.2, -0.15) is 0 Å². The third-order valence-electron chi connectivity index (χ3n) is 6.31. The molecule has 0 radical (unpaired) electrons. The molecule has 0 saturated carbocycles. The predicted molar refractivity (Wildman–Crippen MR) is 147 cm³/mol. The van der Waals surface area contributed by atoms with Gasteiger partial charge in [-0.25, -0.2) is 9.79 Å². The fraction of sp³-hybridized carbons (Fsp3) is 0.207. The summed E-state index contributed by atoms with van der Waals surface area (Å²) in [7, 11) is 1.58. The topological polar surface area (TPSA) is 83.0 Å². The van der Waals surface area contributed by atoms with Crippen LogP contribution in [-0.4, -0.2) is 24.3 Å². The molecule has 2 aromatic heterocycles. The Bertz CT molecular complexity index is 1740. The van der Waals surface area contributed by atoms with E-state index in [1.165, 1.54) is 11.3 Å². The van der Waals surface area contributed by atoms with Crippen LogP contribution in [0.4, 0.5) is 0 Å². The Morgan fingerprint density at radius 1 is 1.16 bits per heavy atom. The number of hydrogen-bond donors (Lipinski definition) is 0. The third kappa shape index (κ3) is 4.73. The van der Waals surface area contributed by atoms with Crippen LogP contribution in [-0.2, 0) is 9.53 Å². The van der Waals surface area contributed by atoms with Crippen molar-refractivity contribution in [3.8, 4) is 17.1 Å². The molecule has 0 unspecified atom stereocenters. The lowest BCUT2D eigenvalue weighted by atomic mass is 9.96. The molecule has 7 nitrogen and oxygen atoms in total. The second-order valence-corrected chi connectivity index (χ2v) is 10.2. The van der Waals surface area contributed by atoms with Crippen molar-refractivity contribution in [2.75, 3.05) is 13.7 Å². The highest BCUT2D eigenvalue weighted by molar-refractivity contribution is 7.07. The van der Waals surface area contributed by atoms with Crippen molar-refractivity contribution in [1.82, 2.24) is 4.57 Å². The fourth-order valence-corrected chi connectivity index (χ4v) is 5.66. The molecular formula is C29H25ClN2O5S. The number of methoxy groups -OCH3 is 1. The SMILES string of the molecule is CCOC(=O)C1=C(C)N=c2s/c(=C\c3ccc(-c4cc(Cl)ccc4C)o3)c(=O)n2[C@H]1c1ccc(OC)cc1. The van der Waals surface area contributed by atoms with E-state index in [2.05, 4.69) is 4.99 Å². The number of aryl methyl sites for hydroxylation is 1. The summed E-state index contributed by atoms with van der Waals surface area (Å²) in [6.45, 7) is 5.69. The Kier molecular flexibility index (Phi) is 7.10. The maximum Gasteiger partial charge on any atom is 0.338 e. The molecular weight excluding hydrogens is 524 g/mol. The number of carbonyl (C=O) groups is 1. The lowest BCUT2D eigenvalue weighted by Gasteiger charge is -2.24. The number of esters is 1. The molecule has 0 spiro atoms. The molecule has 9 heteroatoms. The van der Waals surface area contributed by atoms with Crippen molar-refractivity contribution in [3.05, 3.63) is 107 Å². The highest BCUT2D eigenvalue weighted by Gasteiger charge is 2.33. The lowest BCUT2D eigenvalue weighted by Crippen LogP contribution is -2.39. The Morgan fingerprint density at radius 2 is 1.92 bits per heavy atom. The molecule has 0 bridgehead atoms. The summed E-state index contributed by atoms with van der Waals surface area (Å²) in [5.74, 6) is 1.34. The Morgan fingerprint density at radius 3 is 2.63 bits per heavy atom. The van der Waals surface area contributed by atoms with Gasteiger partial charge in [0.25, 0.3) is 5.56 Å². The highest BCUT2D eigenvalue weighted by Crippen LogP contribution is 2.32. The zero-order chi connectivity index (χ0) is 27.0. The minimum atomic E-state index is -0.695. The van der Waals surface area contributed by atoms with E-state index in [4.69, 9.17) is 25.5 Å². The first-order valence-corrected chi connectivity index (χ1v) is 13.2. The summed E-state index contributed by atoms with van der Waals surface area (Å²) in [6.07, 6.45) is 1.70. The van der Waals surface area contributed by atoms with Gasteiger partial charge in [0.2, 0.25) is 0 Å². The van der Waals surface area contributed by atoms with Crippen molar-refractivity contribution in [3.63, 3.8) is 0 Å². The Balaban J connectivity index is 1.64. The van der Waals surface area contributed by atoms with Gasteiger partial charge in [-0.15, -0.1) is 0 Å². The zero-order valence-corrected chi connectivity index (χ0v) is 22.9. The van der Waals surface area contributed by atoms with Crippen molar-refractivity contribution in [2.45, 2.75) is 26.8 Å². The molecule has 4 aromatic rings. The van der Waals surface area contributed by atoms with Crippen molar-refractivity contribution in [1.29, 1.82) is 0 Å². The average Bonchev–Trinajstić information content (AvgIpc) is 3.49. The van der Waals surface area contributed by atoms with Gasteiger partial charge in [-0.3, -0.25) is 9.36 Å². The molecule has 38 heavy (non-hydrogen) atoms. The second kappa shape index (κ2) is 10.5. The molecule has 0 fully saturated rings. The summed E-state index contributed by atoms with van der Waals surface area (Å²) < 4.78 is 18.7. The van der Waals surface area contributed by atoms with Gasteiger partial charge in [0.05, 0.1) is 35.6 Å². The van der Waals surface area contributed by atoms with Crippen LogP contribution in [0.2, 0.25) is 5.02 Å². The minimum Gasteiger partial charge on any atom is -0.497 e. The van der Waals surface area contributed by atoms with Gasteiger partial charge in [0.15, 0.2) is 4.80 Å². The number of hydrogen-bond acceptors (Lipinski definition) is 7. The van der Waals surface area contributed by atoms with E-state index in [9.17, 15) is 9.59 Å². The maximum absolute atomic E-state index is 13.8. The van der Waals surface area contributed by atoms with E-state index in [0.717, 1.165) is 16.7 Å². The van der Waals surface area contributed by atoms with Crippen molar-refractivity contribution >= 4 is 35.0 Å². The molecule has 0 amide bonds. The molecule has 3 heterocycles. The number of fused-ring (bicyclic) bond motifs is 1. The van der Waals surface area contributed by atoms with Crippen molar-refractivity contribution < 1.29 is 18.7 Å². The number of halogens is 1. The van der Waals surface area contributed by atoms with Crippen LogP contribution in [0.15, 0.2) is 80.1 Å². The van der Waals surface area contributed by atoms with Crippen LogP contribution >= 0.6 is 22.9 Å². The van der Waals surface area contributed by atoms with Crippen LogP contribution in [0.3, 0.4) is 0 Å². The molecule has 1 aliphatic rings. The first kappa shape index (κ1) is 25.8. The van der Waals surface area contributed by atoms with E-state index in [0.29, 0.717) is 42.9 Å². The Labute approximate surface area is 227 Å². The van der Waals surface area contributed by atoms with Gasteiger partial charge in [0.1, 0.15) is 17.3 Å². The Hall–Kier alpha value is -3.88. The van der Waals surface area contributed by atoms with E-state index in [1.807, 2.05) is 49.4 Å². The standard InChI is InChI=1S/C29H25ClN2O5S/c1-5-36-28(34)25-17(3)31-29-32(26(25)18-7-10-20(35-4)11-8-18)27(33)24(38-29)15-21-12-13-23(37-21)22-14-19(30)9-6-16(22)2/h6-15,26H,5H2,1-4H3/b24-15-/t26-/m0/s1. The van der Waals surface area contributed by atoms with Crippen molar-refractivity contribution in [2.24, 2.45) is 4.99 Å². The lowest BCUT2D eigenvalue weighted by molar-refractivity contribution is -0.139. The number of allylic oxidation sites excluding steroid dienone is 1. The summed E-state index contributed by atoms with van der Waals surface area (Å²) in [5, 5.41) is 0.614. The second-order valence-electron chi connectivity index (χ2n) is 8.74. The first-order chi connectivity index (χ1) is 18.3. The molecule has 0 saturated heterocycles. The van der Waals surface area contributed by atoms with E-state index in [1.54, 1.807) is 43.7 Å². The number of carbonyl (C=O) groups excluding carboxylic acids is 1. The summed E-state index contributed by atoms with van der Waals surface area (Å²) >= 11 is 7.42. The quantitative estimate of drug-likeness (QED) is 0.316. The number of furan rings is 1. The number of thiazole rings is 1. The van der Waals surface area contributed by atoms with Crippen LogP contribution < -0.4 is 19.6 Å². The molecule has 0 aliphatic carbocycles. The van der Waals surface area contributed by atoms with Gasteiger partial charge in [-0.05, 0) is 68.3 Å². The van der Waals surface area contributed by atoms with E-state index < -0.39 is 12.0 Å². The van der Waals surface area contributed by atoms with Gasteiger partial charge in [0, 0.05) is 16.7 Å². The number of aromatic nitrogens is 1. The monoisotopic (exact) mass is 548 g/mol. The van der Waals surface area contributed by atoms with E-state index in [-0.39, 0.29) is 12.2 Å². The van der Waals surface area contributed by atoms with Gasteiger partial charge >= 0.3 is 5.97 Å². The summed E-state index contributed by atoms with van der Waals surface area (Å²) in [5.41, 5.74) is 3.21. The molecule has 1 atom stereocenters. The third-order valence-corrected chi connectivity index (χ3v) is 7.53. The van der Waals surface area contributed by atoms with Crippen LogP contribution in [0.25, 0.3) is 17.4 Å². The largest absolute Gasteiger partial charge is 0.497 e. The zero-order valence-electron chi connectivity index (χ0n) is 21.3. The van der Waals surface area contributed by atoms with Crippen LogP contribution in [0.1, 0.15) is 36.8 Å². The van der Waals surface area contributed by atoms with Gasteiger partial charge < -0.3 is 13.9 Å². The average molecular weight is 549 g/mol. The molecule has 194 valence electrons. The van der Waals surface area contributed by atoms with E-state index >= 15 is 0 Å².